The van der Waals surface area contributed by atoms with E-state index in [9.17, 15) is 9.90 Å². The summed E-state index contributed by atoms with van der Waals surface area (Å²) in [5.41, 5.74) is 3.37. The van der Waals surface area contributed by atoms with E-state index in [-0.39, 0.29) is 18.7 Å². The van der Waals surface area contributed by atoms with Gasteiger partial charge >= 0.3 is 6.03 Å². The molecule has 0 atom stereocenters. The van der Waals surface area contributed by atoms with Gasteiger partial charge in [-0.2, -0.15) is 0 Å². The zero-order valence-corrected chi connectivity index (χ0v) is 14.3. The molecule has 128 valence electrons. The molecule has 2 aromatic rings. The molecule has 0 saturated heterocycles. The minimum Gasteiger partial charge on any atom is -0.491 e. The minimum atomic E-state index is -0.292. The van der Waals surface area contributed by atoms with Crippen molar-refractivity contribution >= 4 is 11.7 Å². The average molecular weight is 328 g/mol. The van der Waals surface area contributed by atoms with E-state index >= 15 is 0 Å². The van der Waals surface area contributed by atoms with Gasteiger partial charge in [0.25, 0.3) is 0 Å². The van der Waals surface area contributed by atoms with Crippen LogP contribution in [0.3, 0.4) is 0 Å². The van der Waals surface area contributed by atoms with Gasteiger partial charge in [-0.05, 0) is 55.7 Å². The molecule has 0 aliphatic heterocycles. The van der Waals surface area contributed by atoms with Crippen LogP contribution in [-0.4, -0.2) is 17.2 Å². The normalized spacial score (nSPS) is 10.5. The van der Waals surface area contributed by atoms with Crippen molar-refractivity contribution < 1.29 is 14.6 Å². The van der Waals surface area contributed by atoms with Gasteiger partial charge in [-0.1, -0.05) is 24.3 Å². The Hall–Kier alpha value is -2.53. The number of aliphatic hydroxyl groups excluding tert-OH is 1. The molecule has 0 aromatic heterocycles. The lowest BCUT2D eigenvalue weighted by molar-refractivity contribution is 0.240. The van der Waals surface area contributed by atoms with E-state index in [0.29, 0.717) is 12.2 Å². The van der Waals surface area contributed by atoms with Crippen molar-refractivity contribution in [2.24, 2.45) is 0 Å². The number of nitrogens with one attached hydrogen (secondary N) is 2. The molecule has 2 rings (SSSR count). The van der Waals surface area contributed by atoms with Gasteiger partial charge in [-0.3, -0.25) is 0 Å². The van der Waals surface area contributed by atoms with Crippen LogP contribution < -0.4 is 15.4 Å². The molecule has 0 bridgehead atoms. The summed E-state index contributed by atoms with van der Waals surface area (Å²) >= 11 is 0. The Kier molecular flexibility index (Phi) is 6.21. The second-order valence-electron chi connectivity index (χ2n) is 5.88. The van der Waals surface area contributed by atoms with Crippen LogP contribution in [0.15, 0.2) is 42.5 Å². The van der Waals surface area contributed by atoms with Crippen molar-refractivity contribution in [3.8, 4) is 5.75 Å². The fraction of sp³-hybridized carbons (Fsp3) is 0.316. The topological polar surface area (TPSA) is 70.6 Å². The first kappa shape index (κ1) is 17.8. The Morgan fingerprint density at radius 3 is 2.50 bits per heavy atom. The third kappa shape index (κ3) is 4.99. The second kappa shape index (κ2) is 8.36. The summed E-state index contributed by atoms with van der Waals surface area (Å²) in [4.78, 5) is 12.0. The number of urea groups is 1. The van der Waals surface area contributed by atoms with Gasteiger partial charge in [0.1, 0.15) is 5.75 Å². The van der Waals surface area contributed by atoms with Gasteiger partial charge in [0.15, 0.2) is 0 Å². The second-order valence-corrected chi connectivity index (χ2v) is 5.88. The van der Waals surface area contributed by atoms with Gasteiger partial charge in [0, 0.05) is 12.2 Å². The summed E-state index contributed by atoms with van der Waals surface area (Å²) in [6, 6.07) is 12.7. The lowest BCUT2D eigenvalue weighted by Gasteiger charge is -2.14. The summed E-state index contributed by atoms with van der Waals surface area (Å²) in [6.07, 6.45) is 0.109. The van der Waals surface area contributed by atoms with E-state index in [1.54, 1.807) is 0 Å². The third-order valence-corrected chi connectivity index (χ3v) is 3.52. The van der Waals surface area contributed by atoms with E-state index in [2.05, 4.69) is 10.6 Å². The van der Waals surface area contributed by atoms with E-state index in [1.165, 1.54) is 0 Å². The maximum absolute atomic E-state index is 12.0. The van der Waals surface area contributed by atoms with Crippen LogP contribution in [0.25, 0.3) is 0 Å². The van der Waals surface area contributed by atoms with E-state index in [4.69, 9.17) is 4.74 Å². The van der Waals surface area contributed by atoms with Crippen LogP contribution in [-0.2, 0) is 13.2 Å². The van der Waals surface area contributed by atoms with Crippen molar-refractivity contribution in [2.45, 2.75) is 40.0 Å². The molecule has 0 fully saturated rings. The Balaban J connectivity index is 1.94. The van der Waals surface area contributed by atoms with E-state index in [1.807, 2.05) is 63.2 Å². The number of anilines is 1. The molecule has 5 nitrogen and oxygen atoms in total. The zero-order valence-electron chi connectivity index (χ0n) is 14.3. The molecule has 5 heteroatoms. The Morgan fingerprint density at radius 2 is 1.88 bits per heavy atom. The predicted octanol–water partition coefficient (Wildman–Crippen LogP) is 3.60. The molecular formula is C19H24N2O3. The number of aryl methyl sites for hydroxylation is 1. The van der Waals surface area contributed by atoms with Gasteiger partial charge in [-0.15, -0.1) is 0 Å². The summed E-state index contributed by atoms with van der Waals surface area (Å²) in [5.74, 6) is 0.813. The average Bonchev–Trinajstić information content (AvgIpc) is 2.55. The highest BCUT2D eigenvalue weighted by Gasteiger charge is 2.07. The van der Waals surface area contributed by atoms with Crippen molar-refractivity contribution in [1.29, 1.82) is 0 Å². The number of benzene rings is 2. The summed E-state index contributed by atoms with van der Waals surface area (Å²) in [6.45, 7) is 6.21. The highest BCUT2D eigenvalue weighted by atomic mass is 16.5. The molecule has 0 radical (unpaired) electrons. The number of ether oxygens (including phenoxy) is 1. The molecule has 2 amide bonds. The number of carbonyl (C=O) groups is 1. The molecule has 2 aromatic carbocycles. The molecule has 0 saturated carbocycles. The molecule has 0 spiro atoms. The maximum atomic E-state index is 12.0. The van der Waals surface area contributed by atoms with Crippen LogP contribution in [0, 0.1) is 6.92 Å². The molecule has 0 aliphatic rings. The predicted molar refractivity (Wildman–Crippen MR) is 95.2 cm³/mol. The van der Waals surface area contributed by atoms with Gasteiger partial charge in [-0.25, -0.2) is 4.79 Å². The SMILES string of the molecule is Cc1cc(NC(=O)NCc2ccccc2CO)ccc1OC(C)C. The summed E-state index contributed by atoms with van der Waals surface area (Å²) in [5, 5.41) is 14.9. The zero-order chi connectivity index (χ0) is 17.5. The fourth-order valence-electron chi connectivity index (χ4n) is 2.35. The van der Waals surface area contributed by atoms with Crippen LogP contribution in [0.5, 0.6) is 5.75 Å². The van der Waals surface area contributed by atoms with E-state index in [0.717, 1.165) is 22.4 Å². The first-order chi connectivity index (χ1) is 11.5. The van der Waals surface area contributed by atoms with Crippen LogP contribution in [0.4, 0.5) is 10.5 Å². The highest BCUT2D eigenvalue weighted by Crippen LogP contribution is 2.23. The number of aliphatic hydroxyl groups is 1. The van der Waals surface area contributed by atoms with Gasteiger partial charge < -0.3 is 20.5 Å². The third-order valence-electron chi connectivity index (χ3n) is 3.52. The van der Waals surface area contributed by atoms with Gasteiger partial charge in [0.05, 0.1) is 12.7 Å². The standard InChI is InChI=1S/C19H24N2O3/c1-13(2)24-18-9-8-17(10-14(18)3)21-19(23)20-11-15-6-4-5-7-16(15)12-22/h4-10,13,22H,11-12H2,1-3H3,(H2,20,21,23). The minimum absolute atomic E-state index is 0.0457. The van der Waals surface area contributed by atoms with Crippen molar-refractivity contribution in [2.75, 3.05) is 5.32 Å². The summed E-state index contributed by atoms with van der Waals surface area (Å²) in [7, 11) is 0. The van der Waals surface area contributed by atoms with Crippen molar-refractivity contribution in [3.05, 3.63) is 59.2 Å². The lowest BCUT2D eigenvalue weighted by atomic mass is 10.1. The number of carbonyl (C=O) groups excluding carboxylic acids is 1. The molecule has 0 heterocycles. The number of hydrogen-bond acceptors (Lipinski definition) is 3. The Labute approximate surface area is 142 Å². The maximum Gasteiger partial charge on any atom is 0.319 e. The number of rotatable bonds is 6. The molecule has 24 heavy (non-hydrogen) atoms. The van der Waals surface area contributed by atoms with Crippen LogP contribution >= 0.6 is 0 Å². The molecule has 0 unspecified atom stereocenters. The molecular weight excluding hydrogens is 304 g/mol. The quantitative estimate of drug-likeness (QED) is 0.759. The number of hydrogen-bond donors (Lipinski definition) is 3. The van der Waals surface area contributed by atoms with E-state index < -0.39 is 0 Å². The van der Waals surface area contributed by atoms with Crippen LogP contribution in [0.2, 0.25) is 0 Å². The van der Waals surface area contributed by atoms with Gasteiger partial charge in [0.2, 0.25) is 0 Å². The fourth-order valence-corrected chi connectivity index (χ4v) is 2.35. The lowest BCUT2D eigenvalue weighted by Crippen LogP contribution is -2.28. The highest BCUT2D eigenvalue weighted by molar-refractivity contribution is 5.89. The van der Waals surface area contributed by atoms with Crippen molar-refractivity contribution in [3.63, 3.8) is 0 Å². The first-order valence-corrected chi connectivity index (χ1v) is 7.99. The Morgan fingerprint density at radius 1 is 1.17 bits per heavy atom. The molecule has 3 N–H and O–H groups in total. The first-order valence-electron chi connectivity index (χ1n) is 7.99. The molecule has 0 aliphatic carbocycles. The number of amides is 2. The van der Waals surface area contributed by atoms with Crippen LogP contribution in [0.1, 0.15) is 30.5 Å². The van der Waals surface area contributed by atoms with Crippen molar-refractivity contribution in [1.82, 2.24) is 5.32 Å². The largest absolute Gasteiger partial charge is 0.491 e. The summed E-state index contributed by atoms with van der Waals surface area (Å²) < 4.78 is 5.68. The Bertz CT molecular complexity index is 699. The monoisotopic (exact) mass is 328 g/mol. The smallest absolute Gasteiger partial charge is 0.319 e.